The molecular formula is C28H33ClN2O5. The highest BCUT2D eigenvalue weighted by Gasteiger charge is 2.15. The Kier molecular flexibility index (Phi) is 10.3. The molecule has 8 heteroatoms. The number of anilines is 1. The molecule has 0 aliphatic rings. The molecule has 36 heavy (non-hydrogen) atoms. The summed E-state index contributed by atoms with van der Waals surface area (Å²) in [6, 6.07) is 17.2. The molecule has 0 aromatic heterocycles. The van der Waals surface area contributed by atoms with E-state index in [-0.39, 0.29) is 12.5 Å². The van der Waals surface area contributed by atoms with Gasteiger partial charge in [0, 0.05) is 12.2 Å². The molecule has 3 aromatic rings. The molecule has 0 unspecified atom stereocenters. The maximum Gasteiger partial charge on any atom is 0.262 e. The van der Waals surface area contributed by atoms with E-state index in [1.165, 1.54) is 0 Å². The number of amides is 1. The topological polar surface area (TPSA) is 78.1 Å². The lowest BCUT2D eigenvalue weighted by molar-refractivity contribution is -0.118. The number of carbonyl (C=O) groups excluding carboxylic acids is 1. The lowest BCUT2D eigenvalue weighted by Crippen LogP contribution is -2.20. The molecule has 192 valence electrons. The molecular weight excluding hydrogens is 480 g/mol. The van der Waals surface area contributed by atoms with Gasteiger partial charge in [-0.1, -0.05) is 35.4 Å². The Morgan fingerprint density at radius 2 is 1.61 bits per heavy atom. The zero-order valence-corrected chi connectivity index (χ0v) is 21.9. The zero-order chi connectivity index (χ0) is 25.9. The molecule has 3 rings (SSSR count). The Bertz CT molecular complexity index is 1150. The summed E-state index contributed by atoms with van der Waals surface area (Å²) in [5.74, 6) is 2.00. The molecule has 0 heterocycles. The zero-order valence-electron chi connectivity index (χ0n) is 21.2. The summed E-state index contributed by atoms with van der Waals surface area (Å²) in [4.78, 5) is 12.3. The van der Waals surface area contributed by atoms with Gasteiger partial charge in [0.1, 0.15) is 0 Å². The van der Waals surface area contributed by atoms with Gasteiger partial charge < -0.3 is 29.6 Å². The number of carbonyl (C=O) groups is 1. The van der Waals surface area contributed by atoms with Gasteiger partial charge in [-0.05, 0) is 74.3 Å². The number of hydrogen-bond donors (Lipinski definition) is 2. The molecule has 0 aliphatic carbocycles. The molecule has 0 saturated carbocycles. The summed E-state index contributed by atoms with van der Waals surface area (Å²) in [6.07, 6.45) is 0.823. The minimum absolute atomic E-state index is 0.184. The van der Waals surface area contributed by atoms with Gasteiger partial charge in [0.05, 0.1) is 25.8 Å². The lowest BCUT2D eigenvalue weighted by Gasteiger charge is -2.16. The standard InChI is InChI=1S/C28H33ClN2O5/c1-5-35-26-16-21(17-30-13-12-20-8-11-24(33-3)25(15-20)34-4)14-23(29)28(26)36-18-27(32)31-22-9-6-19(2)7-10-22/h6-11,14-16,30H,5,12-13,17-18H2,1-4H3,(H,31,32). The third kappa shape index (κ3) is 7.80. The second-order valence-electron chi connectivity index (χ2n) is 8.16. The normalized spacial score (nSPS) is 10.6. The number of rotatable bonds is 13. The average Bonchev–Trinajstić information content (AvgIpc) is 2.87. The first-order chi connectivity index (χ1) is 17.4. The first kappa shape index (κ1) is 27.2. The van der Waals surface area contributed by atoms with Crippen LogP contribution in [0.25, 0.3) is 0 Å². The van der Waals surface area contributed by atoms with E-state index in [0.29, 0.717) is 46.9 Å². The van der Waals surface area contributed by atoms with E-state index in [1.807, 2.05) is 68.4 Å². The van der Waals surface area contributed by atoms with Crippen molar-refractivity contribution < 1.29 is 23.7 Å². The number of halogens is 1. The van der Waals surface area contributed by atoms with E-state index in [1.54, 1.807) is 14.2 Å². The van der Waals surface area contributed by atoms with Crippen LogP contribution in [0.1, 0.15) is 23.6 Å². The van der Waals surface area contributed by atoms with Gasteiger partial charge in [0.15, 0.2) is 29.6 Å². The van der Waals surface area contributed by atoms with Crippen LogP contribution in [0, 0.1) is 6.92 Å². The van der Waals surface area contributed by atoms with Crippen LogP contribution < -0.4 is 29.6 Å². The molecule has 0 bridgehead atoms. The van der Waals surface area contributed by atoms with E-state index in [9.17, 15) is 4.79 Å². The minimum atomic E-state index is -0.279. The summed E-state index contributed by atoms with van der Waals surface area (Å²) in [5, 5.41) is 6.62. The molecule has 0 fully saturated rings. The van der Waals surface area contributed by atoms with E-state index in [2.05, 4.69) is 10.6 Å². The van der Waals surface area contributed by atoms with E-state index in [0.717, 1.165) is 29.7 Å². The monoisotopic (exact) mass is 512 g/mol. The van der Waals surface area contributed by atoms with Gasteiger partial charge in [-0.2, -0.15) is 0 Å². The fourth-order valence-electron chi connectivity index (χ4n) is 3.60. The smallest absolute Gasteiger partial charge is 0.262 e. The van der Waals surface area contributed by atoms with Crippen LogP contribution in [-0.2, 0) is 17.8 Å². The third-order valence-electron chi connectivity index (χ3n) is 5.42. The molecule has 0 aliphatic heterocycles. The number of aryl methyl sites for hydroxylation is 1. The highest BCUT2D eigenvalue weighted by molar-refractivity contribution is 6.32. The predicted molar refractivity (Wildman–Crippen MR) is 143 cm³/mol. The molecule has 0 saturated heterocycles. The van der Waals surface area contributed by atoms with Crippen molar-refractivity contribution in [3.63, 3.8) is 0 Å². The molecule has 2 N–H and O–H groups in total. The van der Waals surface area contributed by atoms with Crippen LogP contribution in [0.3, 0.4) is 0 Å². The number of hydrogen-bond acceptors (Lipinski definition) is 6. The van der Waals surface area contributed by atoms with Crippen molar-refractivity contribution in [1.29, 1.82) is 0 Å². The van der Waals surface area contributed by atoms with Gasteiger partial charge in [-0.3, -0.25) is 4.79 Å². The van der Waals surface area contributed by atoms with Crippen molar-refractivity contribution in [2.75, 3.05) is 39.3 Å². The second-order valence-corrected chi connectivity index (χ2v) is 8.56. The van der Waals surface area contributed by atoms with Gasteiger partial charge in [0.2, 0.25) is 0 Å². The van der Waals surface area contributed by atoms with Gasteiger partial charge in [-0.15, -0.1) is 0 Å². The van der Waals surface area contributed by atoms with Gasteiger partial charge >= 0.3 is 0 Å². The number of benzene rings is 3. The predicted octanol–water partition coefficient (Wildman–Crippen LogP) is 5.41. The number of nitrogens with one attached hydrogen (secondary N) is 2. The largest absolute Gasteiger partial charge is 0.493 e. The fraction of sp³-hybridized carbons (Fsp3) is 0.321. The quantitative estimate of drug-likeness (QED) is 0.298. The van der Waals surface area contributed by atoms with Crippen molar-refractivity contribution in [2.24, 2.45) is 0 Å². The summed E-state index contributed by atoms with van der Waals surface area (Å²) < 4.78 is 22.2. The van der Waals surface area contributed by atoms with Crippen LogP contribution in [0.5, 0.6) is 23.0 Å². The Labute approximate surface area is 217 Å². The third-order valence-corrected chi connectivity index (χ3v) is 5.70. The Balaban J connectivity index is 1.56. The van der Waals surface area contributed by atoms with Crippen molar-refractivity contribution in [3.8, 4) is 23.0 Å². The van der Waals surface area contributed by atoms with Crippen molar-refractivity contribution >= 4 is 23.2 Å². The van der Waals surface area contributed by atoms with E-state index >= 15 is 0 Å². The Morgan fingerprint density at radius 1 is 0.889 bits per heavy atom. The first-order valence-corrected chi connectivity index (χ1v) is 12.2. The molecule has 0 spiro atoms. The van der Waals surface area contributed by atoms with Crippen molar-refractivity contribution in [1.82, 2.24) is 5.32 Å². The SMILES string of the molecule is CCOc1cc(CNCCc2ccc(OC)c(OC)c2)cc(Cl)c1OCC(=O)Nc1ccc(C)cc1. The maximum absolute atomic E-state index is 12.3. The van der Waals surface area contributed by atoms with E-state index in [4.69, 9.17) is 30.5 Å². The van der Waals surface area contributed by atoms with Crippen LogP contribution in [0.2, 0.25) is 5.02 Å². The Morgan fingerprint density at radius 3 is 2.31 bits per heavy atom. The summed E-state index contributed by atoms with van der Waals surface area (Å²) in [5.41, 5.74) is 3.92. The molecule has 0 atom stereocenters. The lowest BCUT2D eigenvalue weighted by atomic mass is 10.1. The summed E-state index contributed by atoms with van der Waals surface area (Å²) in [6.45, 7) is 5.49. The summed E-state index contributed by atoms with van der Waals surface area (Å²) >= 11 is 6.51. The van der Waals surface area contributed by atoms with Crippen LogP contribution in [0.4, 0.5) is 5.69 Å². The van der Waals surface area contributed by atoms with Gasteiger partial charge in [-0.25, -0.2) is 0 Å². The second kappa shape index (κ2) is 13.6. The van der Waals surface area contributed by atoms with Crippen LogP contribution in [0.15, 0.2) is 54.6 Å². The average molecular weight is 513 g/mol. The number of ether oxygens (including phenoxy) is 4. The van der Waals surface area contributed by atoms with Crippen LogP contribution in [-0.4, -0.2) is 39.9 Å². The molecule has 7 nitrogen and oxygen atoms in total. The van der Waals surface area contributed by atoms with Crippen molar-refractivity contribution in [3.05, 3.63) is 76.3 Å². The highest BCUT2D eigenvalue weighted by atomic mass is 35.5. The van der Waals surface area contributed by atoms with Crippen molar-refractivity contribution in [2.45, 2.75) is 26.8 Å². The van der Waals surface area contributed by atoms with Gasteiger partial charge in [0.25, 0.3) is 5.91 Å². The number of methoxy groups -OCH3 is 2. The Hall–Kier alpha value is -3.42. The maximum atomic E-state index is 12.3. The molecule has 0 radical (unpaired) electrons. The summed E-state index contributed by atoms with van der Waals surface area (Å²) in [7, 11) is 3.25. The first-order valence-electron chi connectivity index (χ1n) is 11.8. The van der Waals surface area contributed by atoms with Crippen LogP contribution >= 0.6 is 11.6 Å². The fourth-order valence-corrected chi connectivity index (χ4v) is 3.89. The molecule has 1 amide bonds. The molecule has 3 aromatic carbocycles. The minimum Gasteiger partial charge on any atom is -0.493 e. The highest BCUT2D eigenvalue weighted by Crippen LogP contribution is 2.37. The van der Waals surface area contributed by atoms with E-state index < -0.39 is 0 Å².